The van der Waals surface area contributed by atoms with E-state index in [1.54, 1.807) is 17.0 Å². The first kappa shape index (κ1) is 28.6. The van der Waals surface area contributed by atoms with E-state index < -0.39 is 17.3 Å². The van der Waals surface area contributed by atoms with E-state index in [0.29, 0.717) is 36.1 Å². The standard InChI is InChI=1S/C29H34F3N7O2/c1-27(2,3)21-12-14-28(15-13-21)18-38(23-10-8-22(9-11-23)29(30,31)32)26(41)39(28)17-19-4-6-20(7-5-19)25(40)33-16-24-34-36-37-35-24/h4-11,21H,12-18H2,1-3H3,(H,33,40)(H,34,35,36,37). The van der Waals surface area contributed by atoms with Gasteiger partial charge in [0, 0.05) is 17.8 Å². The van der Waals surface area contributed by atoms with Crippen LogP contribution in [0, 0.1) is 11.3 Å². The van der Waals surface area contributed by atoms with Gasteiger partial charge in [0.15, 0.2) is 5.82 Å². The molecule has 5 rings (SSSR count). The van der Waals surface area contributed by atoms with Crippen LogP contribution in [-0.2, 0) is 19.3 Å². The molecular weight excluding hydrogens is 535 g/mol. The predicted molar refractivity (Wildman–Crippen MR) is 146 cm³/mol. The van der Waals surface area contributed by atoms with Crippen molar-refractivity contribution in [2.75, 3.05) is 11.4 Å². The summed E-state index contributed by atoms with van der Waals surface area (Å²) >= 11 is 0. The molecule has 3 aromatic rings. The number of aromatic nitrogens is 4. The van der Waals surface area contributed by atoms with Crippen LogP contribution in [0.15, 0.2) is 48.5 Å². The summed E-state index contributed by atoms with van der Waals surface area (Å²) in [5.41, 5.74) is 0.754. The van der Waals surface area contributed by atoms with E-state index in [1.165, 1.54) is 12.1 Å². The fourth-order valence-corrected chi connectivity index (χ4v) is 5.98. The van der Waals surface area contributed by atoms with Crippen molar-refractivity contribution in [2.24, 2.45) is 11.3 Å². The van der Waals surface area contributed by atoms with Crippen molar-refractivity contribution >= 4 is 17.6 Å². The minimum Gasteiger partial charge on any atom is -0.345 e. The van der Waals surface area contributed by atoms with Gasteiger partial charge in [-0.25, -0.2) is 4.79 Å². The van der Waals surface area contributed by atoms with Crippen molar-refractivity contribution in [3.05, 3.63) is 71.0 Å². The van der Waals surface area contributed by atoms with Gasteiger partial charge >= 0.3 is 12.2 Å². The molecular formula is C29H34F3N7O2. The third-order valence-corrected chi connectivity index (χ3v) is 8.49. The van der Waals surface area contributed by atoms with Gasteiger partial charge in [-0.15, -0.1) is 10.2 Å². The van der Waals surface area contributed by atoms with Crippen LogP contribution in [0.5, 0.6) is 0 Å². The third-order valence-electron chi connectivity index (χ3n) is 8.49. The van der Waals surface area contributed by atoms with Crippen LogP contribution in [-0.4, -0.2) is 49.5 Å². The molecule has 0 bridgehead atoms. The first-order valence-electron chi connectivity index (χ1n) is 13.7. The van der Waals surface area contributed by atoms with Crippen LogP contribution in [0.3, 0.4) is 0 Å². The highest BCUT2D eigenvalue weighted by molar-refractivity contribution is 5.96. The number of anilines is 1. The van der Waals surface area contributed by atoms with Gasteiger partial charge in [-0.05, 0) is 79.0 Å². The van der Waals surface area contributed by atoms with Gasteiger partial charge < -0.3 is 10.2 Å². The van der Waals surface area contributed by atoms with E-state index in [1.807, 2.05) is 17.0 Å². The smallest absolute Gasteiger partial charge is 0.345 e. The van der Waals surface area contributed by atoms with E-state index in [9.17, 15) is 22.8 Å². The zero-order chi connectivity index (χ0) is 29.4. The number of amides is 3. The summed E-state index contributed by atoms with van der Waals surface area (Å²) in [6.07, 6.45) is -0.883. The second kappa shape index (κ2) is 10.8. The Kier molecular flexibility index (Phi) is 7.52. The normalized spacial score (nSPS) is 21.5. The number of aromatic amines is 1. The van der Waals surface area contributed by atoms with E-state index in [2.05, 4.69) is 46.7 Å². The SMILES string of the molecule is CC(C)(C)C1CCC2(CC1)CN(c1ccc(C(F)(F)F)cc1)C(=O)N2Cc1ccc(C(=O)NCc2nn[nH]n2)cc1. The zero-order valence-corrected chi connectivity index (χ0v) is 23.3. The number of urea groups is 1. The molecule has 0 radical (unpaired) electrons. The van der Waals surface area contributed by atoms with Crippen LogP contribution in [0.1, 0.15) is 73.8 Å². The summed E-state index contributed by atoms with van der Waals surface area (Å²) in [6, 6.07) is 11.6. The monoisotopic (exact) mass is 569 g/mol. The number of carbonyl (C=O) groups excluding carboxylic acids is 2. The van der Waals surface area contributed by atoms with E-state index in [4.69, 9.17) is 0 Å². The van der Waals surface area contributed by atoms with Crippen molar-refractivity contribution in [2.45, 2.75) is 71.3 Å². The lowest BCUT2D eigenvalue weighted by atomic mass is 9.67. The second-order valence-electron chi connectivity index (χ2n) is 12.1. The topological polar surface area (TPSA) is 107 Å². The predicted octanol–water partition coefficient (Wildman–Crippen LogP) is 5.57. The summed E-state index contributed by atoms with van der Waals surface area (Å²) in [5.74, 6) is 0.603. The van der Waals surface area contributed by atoms with Crippen molar-refractivity contribution in [3.63, 3.8) is 0 Å². The summed E-state index contributed by atoms with van der Waals surface area (Å²) in [4.78, 5) is 29.9. The Balaban J connectivity index is 1.35. The number of alkyl halides is 3. The first-order valence-corrected chi connectivity index (χ1v) is 13.7. The lowest BCUT2D eigenvalue weighted by Gasteiger charge is -2.45. The highest BCUT2D eigenvalue weighted by atomic mass is 19.4. The van der Waals surface area contributed by atoms with Crippen LogP contribution in [0.2, 0.25) is 0 Å². The highest BCUT2D eigenvalue weighted by Gasteiger charge is 2.52. The molecule has 0 atom stereocenters. The maximum atomic E-state index is 13.9. The summed E-state index contributed by atoms with van der Waals surface area (Å²) < 4.78 is 39.5. The first-order chi connectivity index (χ1) is 19.4. The average molecular weight is 570 g/mol. The quantitative estimate of drug-likeness (QED) is 0.404. The molecule has 1 spiro atoms. The second-order valence-corrected chi connectivity index (χ2v) is 12.1. The van der Waals surface area contributed by atoms with Gasteiger partial charge in [-0.3, -0.25) is 9.69 Å². The van der Waals surface area contributed by atoms with Gasteiger partial charge in [-0.1, -0.05) is 38.1 Å². The Bertz CT molecular complexity index is 1360. The Morgan fingerprint density at radius 3 is 2.27 bits per heavy atom. The fraction of sp³-hybridized carbons (Fsp3) is 0.483. The Morgan fingerprint density at radius 2 is 1.71 bits per heavy atom. The van der Waals surface area contributed by atoms with Crippen molar-refractivity contribution in [1.29, 1.82) is 0 Å². The summed E-state index contributed by atoms with van der Waals surface area (Å²) in [5, 5.41) is 16.1. The molecule has 1 aliphatic heterocycles. The number of halogens is 3. The highest BCUT2D eigenvalue weighted by Crippen LogP contribution is 2.47. The fourth-order valence-electron chi connectivity index (χ4n) is 5.98. The molecule has 1 aromatic heterocycles. The number of carbonyl (C=O) groups is 2. The number of nitrogens with zero attached hydrogens (tertiary/aromatic N) is 5. The van der Waals surface area contributed by atoms with Gasteiger partial charge in [-0.2, -0.15) is 18.4 Å². The lowest BCUT2D eigenvalue weighted by molar-refractivity contribution is -0.137. The van der Waals surface area contributed by atoms with Gasteiger partial charge in [0.2, 0.25) is 0 Å². The molecule has 12 heteroatoms. The molecule has 1 aliphatic carbocycles. The van der Waals surface area contributed by atoms with Crippen LogP contribution < -0.4 is 10.2 Å². The number of H-pyrrole nitrogens is 1. The summed E-state index contributed by atoms with van der Waals surface area (Å²) in [6.45, 7) is 7.60. The van der Waals surface area contributed by atoms with Crippen molar-refractivity contribution < 1.29 is 22.8 Å². The molecule has 1 saturated heterocycles. The van der Waals surface area contributed by atoms with Gasteiger partial charge in [0.25, 0.3) is 5.91 Å². The number of hydrogen-bond acceptors (Lipinski definition) is 5. The lowest BCUT2D eigenvalue weighted by Crippen LogP contribution is -2.50. The number of hydrogen-bond donors (Lipinski definition) is 2. The van der Waals surface area contributed by atoms with E-state index in [-0.39, 0.29) is 23.9 Å². The van der Waals surface area contributed by atoms with Crippen LogP contribution in [0.4, 0.5) is 23.7 Å². The molecule has 9 nitrogen and oxygen atoms in total. The Labute approximate surface area is 236 Å². The van der Waals surface area contributed by atoms with Crippen molar-refractivity contribution in [3.8, 4) is 0 Å². The zero-order valence-electron chi connectivity index (χ0n) is 23.3. The minimum absolute atomic E-state index is 0.136. The maximum Gasteiger partial charge on any atom is 0.416 e. The molecule has 218 valence electrons. The molecule has 3 amide bonds. The number of tetrazole rings is 1. The average Bonchev–Trinajstić information content (AvgIpc) is 3.54. The van der Waals surface area contributed by atoms with E-state index in [0.717, 1.165) is 43.4 Å². The van der Waals surface area contributed by atoms with Gasteiger partial charge in [0.05, 0.1) is 24.2 Å². The number of benzene rings is 2. The third kappa shape index (κ3) is 6.06. The van der Waals surface area contributed by atoms with Gasteiger partial charge in [0.1, 0.15) is 0 Å². The van der Waals surface area contributed by atoms with Crippen molar-refractivity contribution in [1.82, 2.24) is 30.8 Å². The van der Waals surface area contributed by atoms with E-state index >= 15 is 0 Å². The Hall–Kier alpha value is -3.96. The minimum atomic E-state index is -4.44. The number of rotatable bonds is 6. The maximum absolute atomic E-state index is 13.9. The molecule has 2 N–H and O–H groups in total. The molecule has 2 heterocycles. The molecule has 1 saturated carbocycles. The largest absolute Gasteiger partial charge is 0.416 e. The van der Waals surface area contributed by atoms with Crippen LogP contribution >= 0.6 is 0 Å². The molecule has 2 aliphatic rings. The molecule has 2 fully saturated rings. The molecule has 41 heavy (non-hydrogen) atoms. The van der Waals surface area contributed by atoms with Crippen LogP contribution in [0.25, 0.3) is 0 Å². The number of nitrogens with one attached hydrogen (secondary N) is 2. The Morgan fingerprint density at radius 1 is 1.05 bits per heavy atom. The molecule has 0 unspecified atom stereocenters. The summed E-state index contributed by atoms with van der Waals surface area (Å²) in [7, 11) is 0. The molecule has 2 aromatic carbocycles.